The van der Waals surface area contributed by atoms with Crippen molar-refractivity contribution in [3.8, 4) is 5.75 Å². The molecular formula is C13H13N3O2. The van der Waals surface area contributed by atoms with E-state index in [4.69, 9.17) is 16.2 Å². The lowest BCUT2D eigenvalue weighted by molar-refractivity contribution is 0.100. The van der Waals surface area contributed by atoms with Crippen LogP contribution >= 0.6 is 0 Å². The summed E-state index contributed by atoms with van der Waals surface area (Å²) < 4.78 is 5.55. The highest BCUT2D eigenvalue weighted by Gasteiger charge is 2.01. The zero-order chi connectivity index (χ0) is 13.0. The van der Waals surface area contributed by atoms with Crippen molar-refractivity contribution in [1.82, 2.24) is 4.98 Å². The van der Waals surface area contributed by atoms with E-state index in [-0.39, 0.29) is 0 Å². The standard InChI is InChI=1S/C13H13N3O2/c14-12-7-9(5-6-16-12)8-18-11-3-1-10(2-4-11)13(15)17/h1-7H,8H2,(H2,14,16)(H2,15,17). The number of anilines is 1. The number of primary amides is 1. The molecule has 1 aromatic carbocycles. The highest BCUT2D eigenvalue weighted by atomic mass is 16.5. The lowest BCUT2D eigenvalue weighted by Gasteiger charge is -2.06. The maximum atomic E-state index is 10.9. The Hall–Kier alpha value is -2.56. The third kappa shape index (κ3) is 2.98. The normalized spacial score (nSPS) is 10.0. The van der Waals surface area contributed by atoms with Crippen LogP contribution in [0.4, 0.5) is 5.82 Å². The van der Waals surface area contributed by atoms with E-state index in [1.165, 1.54) is 0 Å². The molecular weight excluding hydrogens is 230 g/mol. The number of pyridine rings is 1. The Balaban J connectivity index is 2.00. The Morgan fingerprint density at radius 1 is 1.22 bits per heavy atom. The Kier molecular flexibility index (Phi) is 3.43. The van der Waals surface area contributed by atoms with Crippen molar-refractivity contribution >= 4 is 11.7 Å². The summed E-state index contributed by atoms with van der Waals surface area (Å²) >= 11 is 0. The summed E-state index contributed by atoms with van der Waals surface area (Å²) in [5.41, 5.74) is 12.1. The van der Waals surface area contributed by atoms with Gasteiger partial charge in [-0.05, 0) is 42.0 Å². The number of hydrogen-bond acceptors (Lipinski definition) is 4. The van der Waals surface area contributed by atoms with Crippen molar-refractivity contribution in [2.75, 3.05) is 5.73 Å². The summed E-state index contributed by atoms with van der Waals surface area (Å²) in [6.07, 6.45) is 1.63. The second-order valence-electron chi connectivity index (χ2n) is 3.77. The quantitative estimate of drug-likeness (QED) is 0.847. The van der Waals surface area contributed by atoms with Crippen molar-refractivity contribution in [3.63, 3.8) is 0 Å². The van der Waals surface area contributed by atoms with Crippen LogP contribution in [0.15, 0.2) is 42.6 Å². The number of hydrogen-bond donors (Lipinski definition) is 2. The predicted molar refractivity (Wildman–Crippen MR) is 67.9 cm³/mol. The molecule has 0 aliphatic rings. The minimum absolute atomic E-state index is 0.392. The molecule has 0 bridgehead atoms. The van der Waals surface area contributed by atoms with Crippen LogP contribution in [0.25, 0.3) is 0 Å². The molecule has 0 saturated heterocycles. The van der Waals surface area contributed by atoms with Gasteiger partial charge in [0.25, 0.3) is 0 Å². The second kappa shape index (κ2) is 5.18. The van der Waals surface area contributed by atoms with Crippen molar-refractivity contribution < 1.29 is 9.53 Å². The molecule has 0 unspecified atom stereocenters. The predicted octanol–water partition coefficient (Wildman–Crippen LogP) is 1.34. The molecule has 5 nitrogen and oxygen atoms in total. The number of carbonyl (C=O) groups excluding carboxylic acids is 1. The fourth-order valence-corrected chi connectivity index (χ4v) is 1.47. The van der Waals surface area contributed by atoms with E-state index in [1.54, 1.807) is 36.5 Å². The van der Waals surface area contributed by atoms with Crippen molar-refractivity contribution in [1.29, 1.82) is 0 Å². The highest BCUT2D eigenvalue weighted by Crippen LogP contribution is 2.14. The first kappa shape index (κ1) is 11.9. The average Bonchev–Trinajstić information content (AvgIpc) is 2.37. The number of nitrogen functional groups attached to an aromatic ring is 1. The van der Waals surface area contributed by atoms with Crippen LogP contribution in [-0.2, 0) is 6.61 Å². The van der Waals surface area contributed by atoms with Gasteiger partial charge in [-0.2, -0.15) is 0 Å². The number of amides is 1. The molecule has 2 aromatic rings. The minimum atomic E-state index is -0.455. The Bertz CT molecular complexity index is 552. The summed E-state index contributed by atoms with van der Waals surface area (Å²) in [6.45, 7) is 0.392. The second-order valence-corrected chi connectivity index (χ2v) is 3.77. The lowest BCUT2D eigenvalue weighted by Crippen LogP contribution is -2.10. The largest absolute Gasteiger partial charge is 0.489 e. The SMILES string of the molecule is NC(=O)c1ccc(OCc2ccnc(N)c2)cc1. The van der Waals surface area contributed by atoms with Crippen molar-refractivity contribution in [2.24, 2.45) is 5.73 Å². The van der Waals surface area contributed by atoms with E-state index in [0.29, 0.717) is 23.7 Å². The van der Waals surface area contributed by atoms with Crippen LogP contribution in [0.1, 0.15) is 15.9 Å². The van der Waals surface area contributed by atoms with Gasteiger partial charge in [0, 0.05) is 11.8 Å². The molecule has 4 N–H and O–H groups in total. The third-order valence-electron chi connectivity index (χ3n) is 2.39. The van der Waals surface area contributed by atoms with E-state index < -0.39 is 5.91 Å². The van der Waals surface area contributed by atoms with Gasteiger partial charge in [-0.3, -0.25) is 4.79 Å². The zero-order valence-corrected chi connectivity index (χ0v) is 9.67. The van der Waals surface area contributed by atoms with Crippen LogP contribution in [0, 0.1) is 0 Å². The molecule has 0 spiro atoms. The van der Waals surface area contributed by atoms with E-state index >= 15 is 0 Å². The third-order valence-corrected chi connectivity index (χ3v) is 2.39. The molecule has 1 aromatic heterocycles. The van der Waals surface area contributed by atoms with Gasteiger partial charge in [0.05, 0.1) is 0 Å². The topological polar surface area (TPSA) is 91.2 Å². The molecule has 5 heteroatoms. The van der Waals surface area contributed by atoms with Gasteiger partial charge in [-0.1, -0.05) is 0 Å². The maximum absolute atomic E-state index is 10.9. The molecule has 1 amide bonds. The van der Waals surface area contributed by atoms with Crippen molar-refractivity contribution in [3.05, 3.63) is 53.7 Å². The molecule has 0 fully saturated rings. The highest BCUT2D eigenvalue weighted by molar-refractivity contribution is 5.92. The fourth-order valence-electron chi connectivity index (χ4n) is 1.47. The number of nitrogens with zero attached hydrogens (tertiary/aromatic N) is 1. The van der Waals surface area contributed by atoms with E-state index in [9.17, 15) is 4.79 Å². The molecule has 18 heavy (non-hydrogen) atoms. The molecule has 0 aliphatic heterocycles. The number of benzene rings is 1. The average molecular weight is 243 g/mol. The van der Waals surface area contributed by atoms with Gasteiger partial charge in [0.15, 0.2) is 0 Å². The number of nitrogens with two attached hydrogens (primary N) is 2. The molecule has 1 heterocycles. The molecule has 0 saturated carbocycles. The first-order valence-electron chi connectivity index (χ1n) is 5.38. The molecule has 0 atom stereocenters. The van der Waals surface area contributed by atoms with Crippen LogP contribution in [0.2, 0.25) is 0 Å². The zero-order valence-electron chi connectivity index (χ0n) is 9.67. The van der Waals surface area contributed by atoms with E-state index in [0.717, 1.165) is 5.56 Å². The number of rotatable bonds is 4. The van der Waals surface area contributed by atoms with Crippen molar-refractivity contribution in [2.45, 2.75) is 6.61 Å². The molecule has 0 aliphatic carbocycles. The number of aromatic nitrogens is 1. The summed E-state index contributed by atoms with van der Waals surface area (Å²) in [7, 11) is 0. The van der Waals surface area contributed by atoms with Gasteiger partial charge >= 0.3 is 0 Å². The van der Waals surface area contributed by atoms with Gasteiger partial charge < -0.3 is 16.2 Å². The molecule has 2 rings (SSSR count). The lowest BCUT2D eigenvalue weighted by atomic mass is 10.2. The van der Waals surface area contributed by atoms with Gasteiger partial charge in [0.2, 0.25) is 5.91 Å². The van der Waals surface area contributed by atoms with E-state index in [1.807, 2.05) is 6.07 Å². The summed E-state index contributed by atoms with van der Waals surface area (Å²) in [5.74, 6) is 0.666. The van der Waals surface area contributed by atoms with Crippen LogP contribution in [-0.4, -0.2) is 10.9 Å². The minimum Gasteiger partial charge on any atom is -0.489 e. The summed E-state index contributed by atoms with van der Waals surface area (Å²) in [4.78, 5) is 14.8. The monoisotopic (exact) mass is 243 g/mol. The number of ether oxygens (including phenoxy) is 1. The number of carbonyl (C=O) groups is 1. The first-order valence-corrected chi connectivity index (χ1v) is 5.38. The maximum Gasteiger partial charge on any atom is 0.248 e. The van der Waals surface area contributed by atoms with Crippen LogP contribution < -0.4 is 16.2 Å². The summed E-state index contributed by atoms with van der Waals surface area (Å²) in [5, 5.41) is 0. The Morgan fingerprint density at radius 3 is 2.56 bits per heavy atom. The fraction of sp³-hybridized carbons (Fsp3) is 0.0769. The van der Waals surface area contributed by atoms with Crippen LogP contribution in [0.5, 0.6) is 5.75 Å². The van der Waals surface area contributed by atoms with Crippen LogP contribution in [0.3, 0.4) is 0 Å². The smallest absolute Gasteiger partial charge is 0.248 e. The summed E-state index contributed by atoms with van der Waals surface area (Å²) in [6, 6.07) is 10.2. The molecule has 0 radical (unpaired) electrons. The Labute approximate surface area is 104 Å². The van der Waals surface area contributed by atoms with E-state index in [2.05, 4.69) is 4.98 Å². The van der Waals surface area contributed by atoms with Gasteiger partial charge in [-0.25, -0.2) is 4.98 Å². The first-order chi connectivity index (χ1) is 8.65. The molecule has 92 valence electrons. The Morgan fingerprint density at radius 2 is 1.94 bits per heavy atom. The van der Waals surface area contributed by atoms with Gasteiger partial charge in [-0.15, -0.1) is 0 Å². The van der Waals surface area contributed by atoms with Gasteiger partial charge in [0.1, 0.15) is 18.2 Å².